The number of aromatic nitrogens is 2. The van der Waals surface area contributed by atoms with Crippen LogP contribution in [-0.4, -0.2) is 29.6 Å². The molecule has 0 aliphatic carbocycles. The highest BCUT2D eigenvalue weighted by atomic mass is 16.5. The van der Waals surface area contributed by atoms with Gasteiger partial charge in [0.05, 0.1) is 6.54 Å². The number of nitrogens with zero attached hydrogens (tertiary/aromatic N) is 2. The Hall–Kier alpha value is -1.43. The molecule has 1 rings (SSSR count). The molecule has 0 atom stereocenters. The van der Waals surface area contributed by atoms with Crippen LogP contribution in [0, 0.1) is 6.92 Å². The number of carbonyl (C=O) groups excluding carboxylic acids is 1. The first-order valence-corrected chi connectivity index (χ1v) is 4.93. The van der Waals surface area contributed by atoms with Crippen LogP contribution in [0.25, 0.3) is 0 Å². The van der Waals surface area contributed by atoms with Gasteiger partial charge < -0.3 is 15.2 Å². The van der Waals surface area contributed by atoms with E-state index < -0.39 is 0 Å². The maximum absolute atomic E-state index is 10.9. The monoisotopic (exact) mass is 212 g/mol. The minimum absolute atomic E-state index is 0.0606. The molecule has 0 radical (unpaired) electrons. The van der Waals surface area contributed by atoms with Crippen LogP contribution in [0.4, 0.5) is 0 Å². The van der Waals surface area contributed by atoms with Crippen LogP contribution in [0.3, 0.4) is 0 Å². The number of nitrogens with one attached hydrogen (secondary N) is 2. The van der Waals surface area contributed by atoms with Crippen LogP contribution >= 0.6 is 0 Å². The van der Waals surface area contributed by atoms with Crippen molar-refractivity contribution >= 4 is 5.91 Å². The summed E-state index contributed by atoms with van der Waals surface area (Å²) in [6.07, 6.45) is 1.33. The number of amides is 1. The van der Waals surface area contributed by atoms with Crippen molar-refractivity contribution in [3.05, 3.63) is 11.7 Å². The third kappa shape index (κ3) is 4.55. The Balaban J connectivity index is 2.05. The maximum Gasteiger partial charge on any atom is 0.240 e. The minimum atomic E-state index is 0.0606. The van der Waals surface area contributed by atoms with Gasteiger partial charge >= 0.3 is 0 Å². The molecule has 1 heterocycles. The van der Waals surface area contributed by atoms with E-state index in [-0.39, 0.29) is 5.91 Å². The quantitative estimate of drug-likeness (QED) is 0.648. The number of carbonyl (C=O) groups is 1. The summed E-state index contributed by atoms with van der Waals surface area (Å²) in [6.45, 7) is 3.09. The van der Waals surface area contributed by atoms with E-state index in [9.17, 15) is 4.79 Å². The van der Waals surface area contributed by atoms with Gasteiger partial charge in [-0.2, -0.15) is 4.98 Å². The molecule has 0 fully saturated rings. The zero-order chi connectivity index (χ0) is 11.1. The highest BCUT2D eigenvalue weighted by Gasteiger charge is 2.01. The molecule has 1 amide bonds. The van der Waals surface area contributed by atoms with Crippen LogP contribution in [0.1, 0.15) is 24.6 Å². The molecule has 6 heteroatoms. The fraction of sp³-hybridized carbons (Fsp3) is 0.667. The molecule has 0 bridgehead atoms. The molecular formula is C9H16N4O2. The molecule has 0 spiro atoms. The largest absolute Gasteiger partial charge is 0.359 e. The Kier molecular flexibility index (Phi) is 4.76. The number of rotatable bonds is 6. The Morgan fingerprint density at radius 3 is 2.93 bits per heavy atom. The third-order valence-electron chi connectivity index (χ3n) is 1.88. The van der Waals surface area contributed by atoms with Gasteiger partial charge in [-0.25, -0.2) is 0 Å². The molecule has 1 aromatic heterocycles. The fourth-order valence-electron chi connectivity index (χ4n) is 1.11. The lowest BCUT2D eigenvalue weighted by Gasteiger charge is -2.00. The smallest absolute Gasteiger partial charge is 0.240 e. The summed E-state index contributed by atoms with van der Waals surface area (Å²) in [7, 11) is 1.64. The Bertz CT molecular complexity index is 311. The van der Waals surface area contributed by atoms with Gasteiger partial charge in [0.15, 0.2) is 5.82 Å². The zero-order valence-corrected chi connectivity index (χ0v) is 9.04. The van der Waals surface area contributed by atoms with Gasteiger partial charge in [-0.3, -0.25) is 4.79 Å². The lowest BCUT2D eigenvalue weighted by molar-refractivity contribution is -0.120. The van der Waals surface area contributed by atoms with E-state index in [0.717, 1.165) is 13.0 Å². The van der Waals surface area contributed by atoms with Gasteiger partial charge in [-0.05, 0) is 19.9 Å². The van der Waals surface area contributed by atoms with E-state index in [1.165, 1.54) is 0 Å². The van der Waals surface area contributed by atoms with Crippen molar-refractivity contribution in [3.63, 3.8) is 0 Å². The standard InChI is InChI=1S/C9H16N4O2/c1-7-12-9(15-13-7)6-11-5-3-4-8(14)10-2/h11H,3-6H2,1-2H3,(H,10,14). The van der Waals surface area contributed by atoms with Crippen molar-refractivity contribution in [1.82, 2.24) is 20.8 Å². The second-order valence-electron chi connectivity index (χ2n) is 3.19. The third-order valence-corrected chi connectivity index (χ3v) is 1.88. The van der Waals surface area contributed by atoms with Crippen molar-refractivity contribution in [2.24, 2.45) is 0 Å². The average Bonchev–Trinajstić information content (AvgIpc) is 2.63. The highest BCUT2D eigenvalue weighted by molar-refractivity contribution is 5.75. The average molecular weight is 212 g/mol. The Morgan fingerprint density at radius 2 is 2.33 bits per heavy atom. The van der Waals surface area contributed by atoms with Crippen LogP contribution in [-0.2, 0) is 11.3 Å². The Morgan fingerprint density at radius 1 is 1.53 bits per heavy atom. The molecule has 2 N–H and O–H groups in total. The van der Waals surface area contributed by atoms with Crippen molar-refractivity contribution in [1.29, 1.82) is 0 Å². The van der Waals surface area contributed by atoms with E-state index >= 15 is 0 Å². The molecule has 6 nitrogen and oxygen atoms in total. The van der Waals surface area contributed by atoms with E-state index in [2.05, 4.69) is 20.8 Å². The molecule has 0 aliphatic heterocycles. The molecule has 15 heavy (non-hydrogen) atoms. The first-order valence-electron chi connectivity index (χ1n) is 4.93. The summed E-state index contributed by atoms with van der Waals surface area (Å²) in [6, 6.07) is 0. The van der Waals surface area contributed by atoms with Crippen molar-refractivity contribution < 1.29 is 9.32 Å². The molecule has 0 unspecified atom stereocenters. The van der Waals surface area contributed by atoms with E-state index in [1.807, 2.05) is 0 Å². The summed E-state index contributed by atoms with van der Waals surface area (Å²) < 4.78 is 4.91. The van der Waals surface area contributed by atoms with Crippen LogP contribution in [0.5, 0.6) is 0 Å². The number of hydrogen-bond acceptors (Lipinski definition) is 5. The topological polar surface area (TPSA) is 80.0 Å². The highest BCUT2D eigenvalue weighted by Crippen LogP contribution is 1.95. The second kappa shape index (κ2) is 6.13. The molecule has 1 aromatic rings. The number of aryl methyl sites for hydroxylation is 1. The van der Waals surface area contributed by atoms with E-state index in [1.54, 1.807) is 14.0 Å². The predicted molar refractivity (Wildman–Crippen MR) is 54.0 cm³/mol. The molecule has 84 valence electrons. The fourth-order valence-corrected chi connectivity index (χ4v) is 1.11. The number of hydrogen-bond donors (Lipinski definition) is 2. The van der Waals surface area contributed by atoms with Gasteiger partial charge in [0.25, 0.3) is 0 Å². The lowest BCUT2D eigenvalue weighted by atomic mass is 10.3. The van der Waals surface area contributed by atoms with E-state index in [4.69, 9.17) is 4.52 Å². The molecule has 0 saturated heterocycles. The van der Waals surface area contributed by atoms with Gasteiger partial charge in [0, 0.05) is 13.5 Å². The Labute approximate surface area is 88.4 Å². The van der Waals surface area contributed by atoms with Crippen molar-refractivity contribution in [3.8, 4) is 0 Å². The SMILES string of the molecule is CNC(=O)CCCNCc1nc(C)no1. The minimum Gasteiger partial charge on any atom is -0.359 e. The van der Waals surface area contributed by atoms with Crippen LogP contribution in [0.15, 0.2) is 4.52 Å². The summed E-state index contributed by atoms with van der Waals surface area (Å²) in [5.41, 5.74) is 0. The summed E-state index contributed by atoms with van der Waals surface area (Å²) in [5, 5.41) is 9.35. The van der Waals surface area contributed by atoms with Gasteiger partial charge in [-0.15, -0.1) is 0 Å². The first kappa shape index (κ1) is 11.6. The lowest BCUT2D eigenvalue weighted by Crippen LogP contribution is -2.21. The summed E-state index contributed by atoms with van der Waals surface area (Å²) in [5.74, 6) is 1.27. The zero-order valence-electron chi connectivity index (χ0n) is 9.04. The second-order valence-corrected chi connectivity index (χ2v) is 3.19. The van der Waals surface area contributed by atoms with Gasteiger partial charge in [-0.1, -0.05) is 5.16 Å². The predicted octanol–water partition coefficient (Wildman–Crippen LogP) is -0.00618. The molecular weight excluding hydrogens is 196 g/mol. The van der Waals surface area contributed by atoms with Gasteiger partial charge in [0.2, 0.25) is 11.8 Å². The molecule has 0 aliphatic rings. The van der Waals surface area contributed by atoms with Crippen LogP contribution in [0.2, 0.25) is 0 Å². The molecule has 0 saturated carbocycles. The van der Waals surface area contributed by atoms with Crippen molar-refractivity contribution in [2.45, 2.75) is 26.3 Å². The first-order chi connectivity index (χ1) is 7.22. The van der Waals surface area contributed by atoms with Gasteiger partial charge in [0.1, 0.15) is 0 Å². The normalized spacial score (nSPS) is 10.3. The summed E-state index contributed by atoms with van der Waals surface area (Å²) >= 11 is 0. The van der Waals surface area contributed by atoms with Crippen molar-refractivity contribution in [2.75, 3.05) is 13.6 Å². The summed E-state index contributed by atoms with van der Waals surface area (Å²) in [4.78, 5) is 14.9. The maximum atomic E-state index is 10.9. The van der Waals surface area contributed by atoms with E-state index in [0.29, 0.717) is 24.7 Å². The molecule has 0 aromatic carbocycles. The van der Waals surface area contributed by atoms with Crippen LogP contribution < -0.4 is 10.6 Å².